The summed E-state index contributed by atoms with van der Waals surface area (Å²) in [4.78, 5) is 14.4. The molecule has 0 heterocycles. The predicted octanol–water partition coefficient (Wildman–Crippen LogP) is 2.43. The Hall–Kier alpha value is -1.55. The zero-order valence-corrected chi connectivity index (χ0v) is 13.1. The van der Waals surface area contributed by atoms with Crippen molar-refractivity contribution in [2.45, 2.75) is 39.7 Å². The quantitative estimate of drug-likeness (QED) is 0.594. The molecule has 0 bridgehead atoms. The summed E-state index contributed by atoms with van der Waals surface area (Å²) in [6.07, 6.45) is 2.06. The predicted molar refractivity (Wildman–Crippen MR) is 84.9 cm³/mol. The fourth-order valence-electron chi connectivity index (χ4n) is 2.04. The van der Waals surface area contributed by atoms with Gasteiger partial charge in [0.25, 0.3) is 5.91 Å². The Bertz CT molecular complexity index is 423. The third-order valence-corrected chi connectivity index (χ3v) is 3.64. The first kappa shape index (κ1) is 16.5. The Morgan fingerprint density at radius 3 is 2.65 bits per heavy atom. The number of nitrogens with one attached hydrogen (secondary N) is 1. The number of anilines is 1. The molecule has 20 heavy (non-hydrogen) atoms. The first-order valence-corrected chi connectivity index (χ1v) is 7.27. The number of carbonyl (C=O) groups excluding carboxylic acids is 1. The second kappa shape index (κ2) is 7.90. The van der Waals surface area contributed by atoms with Crippen LogP contribution in [0, 0.1) is 6.92 Å². The molecule has 112 valence electrons. The number of hydrogen-bond acceptors (Lipinski definition) is 3. The number of carbonyl (C=O) groups is 1. The van der Waals surface area contributed by atoms with E-state index in [1.54, 1.807) is 6.07 Å². The van der Waals surface area contributed by atoms with Crippen molar-refractivity contribution >= 4 is 11.6 Å². The lowest BCUT2D eigenvalue weighted by atomic mass is 10.1. The van der Waals surface area contributed by atoms with E-state index in [1.165, 1.54) is 0 Å². The Morgan fingerprint density at radius 2 is 2.05 bits per heavy atom. The number of hydrogen-bond donors (Lipinski definition) is 2. The highest BCUT2D eigenvalue weighted by molar-refractivity contribution is 6.00. The largest absolute Gasteiger partial charge is 0.398 e. The third kappa shape index (κ3) is 4.85. The molecule has 0 radical (unpaired) electrons. The van der Waals surface area contributed by atoms with Gasteiger partial charge in [0.05, 0.1) is 5.56 Å². The van der Waals surface area contributed by atoms with E-state index in [0.29, 0.717) is 23.8 Å². The molecule has 4 nitrogen and oxygen atoms in total. The van der Waals surface area contributed by atoms with E-state index in [2.05, 4.69) is 31.1 Å². The number of nitrogens with zero attached hydrogens (tertiary/aromatic N) is 1. The standard InChI is InChI=1S/C16H27N3O/c1-12(2)19(4)11-6-5-10-18-16(20)15-13(3)8-7-9-14(15)17/h7-9,12H,5-6,10-11,17H2,1-4H3,(H,18,20). The van der Waals surface area contributed by atoms with Crippen LogP contribution < -0.4 is 11.1 Å². The monoisotopic (exact) mass is 277 g/mol. The average Bonchev–Trinajstić information content (AvgIpc) is 2.37. The van der Waals surface area contributed by atoms with E-state index in [4.69, 9.17) is 5.73 Å². The van der Waals surface area contributed by atoms with Crippen LogP contribution in [0.5, 0.6) is 0 Å². The van der Waals surface area contributed by atoms with Crippen LogP contribution in [0.2, 0.25) is 0 Å². The fraction of sp³-hybridized carbons (Fsp3) is 0.562. The van der Waals surface area contributed by atoms with Crippen molar-refractivity contribution in [1.29, 1.82) is 0 Å². The maximum absolute atomic E-state index is 12.1. The highest BCUT2D eigenvalue weighted by Crippen LogP contribution is 2.15. The van der Waals surface area contributed by atoms with Crippen molar-refractivity contribution in [2.24, 2.45) is 0 Å². The molecule has 1 aromatic carbocycles. The van der Waals surface area contributed by atoms with E-state index in [0.717, 1.165) is 24.9 Å². The lowest BCUT2D eigenvalue weighted by Gasteiger charge is -2.20. The van der Waals surface area contributed by atoms with Gasteiger partial charge in [0.15, 0.2) is 0 Å². The number of nitrogen functional groups attached to an aromatic ring is 1. The van der Waals surface area contributed by atoms with E-state index >= 15 is 0 Å². The molecule has 0 saturated carbocycles. The third-order valence-electron chi connectivity index (χ3n) is 3.64. The van der Waals surface area contributed by atoms with Crippen molar-refractivity contribution in [3.8, 4) is 0 Å². The van der Waals surface area contributed by atoms with Crippen molar-refractivity contribution in [2.75, 3.05) is 25.9 Å². The van der Waals surface area contributed by atoms with Gasteiger partial charge < -0.3 is 16.0 Å². The number of amides is 1. The number of unbranched alkanes of at least 4 members (excludes halogenated alkanes) is 1. The van der Waals surface area contributed by atoms with E-state index in [-0.39, 0.29) is 5.91 Å². The average molecular weight is 277 g/mol. The minimum Gasteiger partial charge on any atom is -0.398 e. The highest BCUT2D eigenvalue weighted by atomic mass is 16.1. The first-order valence-electron chi connectivity index (χ1n) is 7.27. The molecule has 0 aromatic heterocycles. The molecule has 0 unspecified atom stereocenters. The smallest absolute Gasteiger partial charge is 0.253 e. The molecule has 1 amide bonds. The summed E-state index contributed by atoms with van der Waals surface area (Å²) in [6.45, 7) is 8.02. The van der Waals surface area contributed by atoms with Gasteiger partial charge in [-0.25, -0.2) is 0 Å². The zero-order chi connectivity index (χ0) is 15.1. The summed E-state index contributed by atoms with van der Waals surface area (Å²) < 4.78 is 0. The van der Waals surface area contributed by atoms with Crippen LogP contribution in [-0.2, 0) is 0 Å². The topological polar surface area (TPSA) is 58.4 Å². The van der Waals surface area contributed by atoms with Gasteiger partial charge in [-0.2, -0.15) is 0 Å². The molecule has 1 rings (SSSR count). The molecular formula is C16H27N3O. The summed E-state index contributed by atoms with van der Waals surface area (Å²) in [7, 11) is 2.12. The molecule has 0 aliphatic heterocycles. The van der Waals surface area contributed by atoms with Crippen LogP contribution in [0.1, 0.15) is 42.6 Å². The Labute approximate surface area is 122 Å². The van der Waals surface area contributed by atoms with Gasteiger partial charge in [0, 0.05) is 18.3 Å². The van der Waals surface area contributed by atoms with Gasteiger partial charge in [0.1, 0.15) is 0 Å². The summed E-state index contributed by atoms with van der Waals surface area (Å²) >= 11 is 0. The second-order valence-corrected chi connectivity index (χ2v) is 5.58. The Balaban J connectivity index is 2.34. The van der Waals surface area contributed by atoms with Gasteiger partial charge in [-0.1, -0.05) is 12.1 Å². The molecule has 0 fully saturated rings. The zero-order valence-electron chi connectivity index (χ0n) is 13.1. The molecule has 3 N–H and O–H groups in total. The molecule has 0 spiro atoms. The lowest BCUT2D eigenvalue weighted by molar-refractivity contribution is 0.0953. The molecule has 1 aromatic rings. The van der Waals surface area contributed by atoms with Gasteiger partial charge in [0.2, 0.25) is 0 Å². The maximum Gasteiger partial charge on any atom is 0.253 e. The Kier molecular flexibility index (Phi) is 6.52. The van der Waals surface area contributed by atoms with Crippen LogP contribution in [0.25, 0.3) is 0 Å². The number of aryl methyl sites for hydroxylation is 1. The first-order chi connectivity index (χ1) is 9.43. The van der Waals surface area contributed by atoms with Crippen molar-refractivity contribution < 1.29 is 4.79 Å². The normalized spacial score (nSPS) is 11.1. The van der Waals surface area contributed by atoms with Crippen molar-refractivity contribution in [3.63, 3.8) is 0 Å². The highest BCUT2D eigenvalue weighted by Gasteiger charge is 2.11. The number of rotatable bonds is 7. The van der Waals surface area contributed by atoms with Crippen LogP contribution in [-0.4, -0.2) is 37.0 Å². The lowest BCUT2D eigenvalue weighted by Crippen LogP contribution is -2.29. The SMILES string of the molecule is Cc1cccc(N)c1C(=O)NCCCCN(C)C(C)C. The summed E-state index contributed by atoms with van der Waals surface area (Å²) in [5.74, 6) is -0.0715. The van der Waals surface area contributed by atoms with Gasteiger partial charge in [-0.05, 0) is 58.8 Å². The Morgan fingerprint density at radius 1 is 1.35 bits per heavy atom. The molecule has 0 aliphatic carbocycles. The summed E-state index contributed by atoms with van der Waals surface area (Å²) in [6, 6.07) is 6.10. The molecule has 4 heteroatoms. The number of nitrogens with two attached hydrogens (primary N) is 1. The molecule has 0 atom stereocenters. The molecule has 0 saturated heterocycles. The van der Waals surface area contributed by atoms with Gasteiger partial charge in [-0.15, -0.1) is 0 Å². The van der Waals surface area contributed by atoms with Gasteiger partial charge >= 0.3 is 0 Å². The fourth-order valence-corrected chi connectivity index (χ4v) is 2.04. The van der Waals surface area contributed by atoms with Crippen LogP contribution in [0.4, 0.5) is 5.69 Å². The minimum absolute atomic E-state index is 0.0715. The summed E-state index contributed by atoms with van der Waals surface area (Å²) in [5.41, 5.74) is 7.92. The van der Waals surface area contributed by atoms with Crippen LogP contribution >= 0.6 is 0 Å². The second-order valence-electron chi connectivity index (χ2n) is 5.58. The van der Waals surface area contributed by atoms with Crippen molar-refractivity contribution in [3.05, 3.63) is 29.3 Å². The van der Waals surface area contributed by atoms with Crippen molar-refractivity contribution in [1.82, 2.24) is 10.2 Å². The maximum atomic E-state index is 12.1. The number of benzene rings is 1. The molecular weight excluding hydrogens is 250 g/mol. The van der Waals surface area contributed by atoms with Crippen LogP contribution in [0.15, 0.2) is 18.2 Å². The van der Waals surface area contributed by atoms with E-state index in [9.17, 15) is 4.79 Å². The van der Waals surface area contributed by atoms with Gasteiger partial charge in [-0.3, -0.25) is 4.79 Å². The molecule has 0 aliphatic rings. The van der Waals surface area contributed by atoms with E-state index < -0.39 is 0 Å². The van der Waals surface area contributed by atoms with E-state index in [1.807, 2.05) is 19.1 Å². The minimum atomic E-state index is -0.0715. The summed E-state index contributed by atoms with van der Waals surface area (Å²) in [5, 5.41) is 2.95. The van der Waals surface area contributed by atoms with Crippen LogP contribution in [0.3, 0.4) is 0 Å².